The molecule has 0 aromatic heterocycles. The van der Waals surface area contributed by atoms with Crippen molar-refractivity contribution in [3.05, 3.63) is 136 Å². The highest BCUT2D eigenvalue weighted by Crippen LogP contribution is 2.22. The highest BCUT2D eigenvalue weighted by molar-refractivity contribution is 5.91. The van der Waals surface area contributed by atoms with Crippen molar-refractivity contribution in [1.82, 2.24) is 0 Å². The number of nitrogens with zero attached hydrogens (tertiary/aromatic N) is 1. The first-order valence-corrected chi connectivity index (χ1v) is 11.5. The van der Waals surface area contributed by atoms with Gasteiger partial charge in [-0.25, -0.2) is 13.6 Å². The Morgan fingerprint density at radius 2 is 1.44 bits per heavy atom. The summed E-state index contributed by atoms with van der Waals surface area (Å²) >= 11 is 0. The van der Waals surface area contributed by atoms with Crippen LogP contribution in [0.4, 0.5) is 8.78 Å². The van der Waals surface area contributed by atoms with E-state index in [1.807, 2.05) is 18.2 Å². The average Bonchev–Trinajstić information content (AvgIpc) is 2.89. The van der Waals surface area contributed by atoms with Crippen molar-refractivity contribution in [3.63, 3.8) is 0 Å². The molecule has 4 aromatic carbocycles. The Balaban J connectivity index is 1.36. The summed E-state index contributed by atoms with van der Waals surface area (Å²) in [6, 6.07) is 28.6. The van der Waals surface area contributed by atoms with Gasteiger partial charge < -0.3 is 4.74 Å². The Labute approximate surface area is 208 Å². The largest absolute Gasteiger partial charge is 0.423 e. The molecule has 0 amide bonds. The van der Waals surface area contributed by atoms with E-state index in [9.17, 15) is 13.6 Å². The molecule has 0 aliphatic heterocycles. The molecule has 1 atom stereocenters. The Bertz CT molecular complexity index is 1400. The third-order valence-electron chi connectivity index (χ3n) is 5.84. The number of benzene rings is 4. The first-order valence-electron chi connectivity index (χ1n) is 11.5. The highest BCUT2D eigenvalue weighted by Gasteiger charge is 2.15. The Morgan fingerprint density at radius 1 is 0.889 bits per heavy atom. The normalized spacial score (nSPS) is 11.7. The first kappa shape index (κ1) is 24.6. The molecule has 0 unspecified atom stereocenters. The molecule has 0 saturated heterocycles. The zero-order valence-electron chi connectivity index (χ0n) is 19.6. The van der Waals surface area contributed by atoms with E-state index in [2.05, 4.69) is 55.5 Å². The van der Waals surface area contributed by atoms with E-state index < -0.39 is 23.2 Å². The Morgan fingerprint density at radius 3 is 2.00 bits per heavy atom. The molecule has 0 bridgehead atoms. The maximum absolute atomic E-state index is 13.7. The standard InChI is InChI=1S/C31H23F2NO2/c1-21(25-5-3-2-4-6-25)17-24-11-9-22(10-12-24)7-8-23-13-15-26(16-14-23)31(35)36-27-18-29(32)28(20-34)30(33)19-27/h2-16,18-19,21H,17H2,1H3/t21-/m1/s1. The van der Waals surface area contributed by atoms with Gasteiger partial charge in [-0.3, -0.25) is 0 Å². The van der Waals surface area contributed by atoms with E-state index in [4.69, 9.17) is 10.00 Å². The van der Waals surface area contributed by atoms with Gasteiger partial charge in [0.1, 0.15) is 29.0 Å². The molecule has 0 saturated carbocycles. The van der Waals surface area contributed by atoms with Gasteiger partial charge in [-0.1, -0.05) is 85.8 Å². The number of halogens is 2. The van der Waals surface area contributed by atoms with E-state index in [0.717, 1.165) is 29.7 Å². The Kier molecular flexibility index (Phi) is 7.67. The molecular weight excluding hydrogens is 456 g/mol. The van der Waals surface area contributed by atoms with Gasteiger partial charge in [0.2, 0.25) is 0 Å². The van der Waals surface area contributed by atoms with E-state index in [0.29, 0.717) is 5.92 Å². The lowest BCUT2D eigenvalue weighted by Crippen LogP contribution is -2.09. The number of carbonyl (C=O) groups is 1. The first-order chi connectivity index (χ1) is 17.4. The van der Waals surface area contributed by atoms with Gasteiger partial charge in [0.15, 0.2) is 0 Å². The minimum absolute atomic E-state index is 0.231. The maximum atomic E-state index is 13.7. The lowest BCUT2D eigenvalue weighted by Gasteiger charge is -2.12. The predicted molar refractivity (Wildman–Crippen MR) is 136 cm³/mol. The number of carbonyl (C=O) groups excluding carboxylic acids is 1. The molecule has 0 aliphatic carbocycles. The summed E-state index contributed by atoms with van der Waals surface area (Å²) in [6.07, 6.45) is 4.88. The summed E-state index contributed by atoms with van der Waals surface area (Å²) in [5.74, 6) is -2.79. The van der Waals surface area contributed by atoms with Gasteiger partial charge >= 0.3 is 5.97 Å². The summed E-state index contributed by atoms with van der Waals surface area (Å²) in [7, 11) is 0. The molecule has 0 radical (unpaired) electrons. The monoisotopic (exact) mass is 479 g/mol. The van der Waals surface area contributed by atoms with Crippen molar-refractivity contribution in [2.75, 3.05) is 0 Å². The summed E-state index contributed by atoms with van der Waals surface area (Å²) in [5.41, 5.74) is 4.04. The van der Waals surface area contributed by atoms with Crippen LogP contribution in [0.5, 0.6) is 5.75 Å². The lowest BCUT2D eigenvalue weighted by atomic mass is 9.93. The van der Waals surface area contributed by atoms with Crippen LogP contribution in [0, 0.1) is 23.0 Å². The van der Waals surface area contributed by atoms with Crippen LogP contribution in [0.1, 0.15) is 51.0 Å². The van der Waals surface area contributed by atoms with Crippen molar-refractivity contribution >= 4 is 18.1 Å². The summed E-state index contributed by atoms with van der Waals surface area (Å²) in [4.78, 5) is 12.3. The molecule has 0 aliphatic rings. The van der Waals surface area contributed by atoms with Crippen LogP contribution in [-0.2, 0) is 6.42 Å². The zero-order valence-corrected chi connectivity index (χ0v) is 19.6. The zero-order chi connectivity index (χ0) is 25.5. The smallest absolute Gasteiger partial charge is 0.343 e. The molecule has 4 rings (SSSR count). The Hall–Kier alpha value is -4.56. The van der Waals surface area contributed by atoms with Crippen LogP contribution in [0.3, 0.4) is 0 Å². The molecule has 36 heavy (non-hydrogen) atoms. The number of esters is 1. The van der Waals surface area contributed by atoms with Crippen LogP contribution >= 0.6 is 0 Å². The fourth-order valence-electron chi connectivity index (χ4n) is 3.82. The van der Waals surface area contributed by atoms with Gasteiger partial charge in [0, 0.05) is 12.1 Å². The predicted octanol–water partition coefficient (Wildman–Crippen LogP) is 7.57. The summed E-state index contributed by atoms with van der Waals surface area (Å²) < 4.78 is 32.5. The van der Waals surface area contributed by atoms with E-state index in [1.54, 1.807) is 24.3 Å². The second-order valence-electron chi connectivity index (χ2n) is 8.48. The van der Waals surface area contributed by atoms with Crippen LogP contribution < -0.4 is 4.74 Å². The van der Waals surface area contributed by atoms with Crippen LogP contribution in [0.25, 0.3) is 12.2 Å². The minimum Gasteiger partial charge on any atom is -0.423 e. The molecule has 3 nitrogen and oxygen atoms in total. The maximum Gasteiger partial charge on any atom is 0.343 e. The van der Waals surface area contributed by atoms with Crippen LogP contribution in [0.2, 0.25) is 0 Å². The van der Waals surface area contributed by atoms with Gasteiger partial charge in [-0.05, 0) is 46.7 Å². The third kappa shape index (κ3) is 6.11. The average molecular weight is 480 g/mol. The fraction of sp³-hybridized carbons (Fsp3) is 0.0968. The SMILES string of the molecule is C[C@H](Cc1ccc(C=Cc2ccc(C(=O)Oc3cc(F)c(C#N)c(F)c3)cc2)cc1)c1ccccc1. The molecule has 5 heteroatoms. The minimum atomic E-state index is -1.08. The van der Waals surface area contributed by atoms with Crippen molar-refractivity contribution in [1.29, 1.82) is 5.26 Å². The van der Waals surface area contributed by atoms with Gasteiger partial charge in [0.25, 0.3) is 0 Å². The topological polar surface area (TPSA) is 50.1 Å². The lowest BCUT2D eigenvalue weighted by molar-refractivity contribution is 0.0734. The molecule has 0 spiro atoms. The van der Waals surface area contributed by atoms with E-state index in [-0.39, 0.29) is 11.3 Å². The second kappa shape index (κ2) is 11.2. The van der Waals surface area contributed by atoms with E-state index in [1.165, 1.54) is 17.2 Å². The quantitative estimate of drug-likeness (QED) is 0.156. The molecule has 4 aromatic rings. The van der Waals surface area contributed by atoms with E-state index >= 15 is 0 Å². The number of ether oxygens (including phenoxy) is 1. The number of rotatable bonds is 7. The molecular formula is C31H23F2NO2. The third-order valence-corrected chi connectivity index (χ3v) is 5.84. The number of hydrogen-bond donors (Lipinski definition) is 0. The summed E-state index contributed by atoms with van der Waals surface area (Å²) in [6.45, 7) is 2.23. The van der Waals surface area contributed by atoms with Gasteiger partial charge in [-0.15, -0.1) is 0 Å². The fourth-order valence-corrected chi connectivity index (χ4v) is 3.82. The molecule has 0 N–H and O–H groups in total. The highest BCUT2D eigenvalue weighted by atomic mass is 19.1. The summed E-state index contributed by atoms with van der Waals surface area (Å²) in [5, 5.41) is 8.73. The second-order valence-corrected chi connectivity index (χ2v) is 8.48. The molecule has 178 valence electrons. The van der Waals surface area contributed by atoms with Crippen molar-refractivity contribution in [3.8, 4) is 11.8 Å². The van der Waals surface area contributed by atoms with Crippen molar-refractivity contribution in [2.24, 2.45) is 0 Å². The van der Waals surface area contributed by atoms with Gasteiger partial charge in [-0.2, -0.15) is 5.26 Å². The van der Waals surface area contributed by atoms with Crippen LogP contribution in [0.15, 0.2) is 91.0 Å². The van der Waals surface area contributed by atoms with Crippen LogP contribution in [-0.4, -0.2) is 5.97 Å². The number of hydrogen-bond acceptors (Lipinski definition) is 3. The molecule has 0 heterocycles. The van der Waals surface area contributed by atoms with Gasteiger partial charge in [0.05, 0.1) is 5.56 Å². The number of nitriles is 1. The van der Waals surface area contributed by atoms with Crippen molar-refractivity contribution in [2.45, 2.75) is 19.3 Å². The molecule has 0 fully saturated rings. The van der Waals surface area contributed by atoms with Crippen molar-refractivity contribution < 1.29 is 18.3 Å².